The van der Waals surface area contributed by atoms with Crippen molar-refractivity contribution in [3.63, 3.8) is 0 Å². The summed E-state index contributed by atoms with van der Waals surface area (Å²) in [6, 6.07) is 18.8. The molecule has 0 heterocycles. The Balaban J connectivity index is 0.000000220. The van der Waals surface area contributed by atoms with Crippen LogP contribution in [-0.4, -0.2) is 17.3 Å². The van der Waals surface area contributed by atoms with Crippen LogP contribution in [0.3, 0.4) is 0 Å². The zero-order valence-corrected chi connectivity index (χ0v) is 11.9. The van der Waals surface area contributed by atoms with Crippen molar-refractivity contribution in [2.75, 3.05) is 0 Å². The van der Waals surface area contributed by atoms with Crippen LogP contribution in [0.25, 0.3) is 0 Å². The van der Waals surface area contributed by atoms with Gasteiger partial charge in [-0.15, -0.1) is 0 Å². The molecule has 0 unspecified atom stereocenters. The molecule has 0 aliphatic heterocycles. The van der Waals surface area contributed by atoms with Gasteiger partial charge in [0.25, 0.3) is 0 Å². The Morgan fingerprint density at radius 2 is 1.45 bits per heavy atom. The molecule has 116 valence electrons. The molecule has 6 heteroatoms. The van der Waals surface area contributed by atoms with Crippen molar-refractivity contribution in [2.24, 2.45) is 5.73 Å². The van der Waals surface area contributed by atoms with E-state index in [0.717, 1.165) is 11.1 Å². The van der Waals surface area contributed by atoms with Crippen LogP contribution in [0.5, 0.6) is 0 Å². The Hall–Kier alpha value is -3.02. The van der Waals surface area contributed by atoms with Crippen LogP contribution in [0.2, 0.25) is 0 Å². The van der Waals surface area contributed by atoms with E-state index in [0.29, 0.717) is 6.54 Å². The van der Waals surface area contributed by atoms with Gasteiger partial charge in [-0.25, -0.2) is 9.59 Å². The molecule has 0 aliphatic rings. The molecule has 0 radical (unpaired) electrons. The number of carbonyl (C=O) groups excluding carboxylic acids is 1. The minimum Gasteiger partial charge on any atom is -0.465 e. The fraction of sp³-hybridized carbons (Fsp3) is 0.125. The van der Waals surface area contributed by atoms with Crippen molar-refractivity contribution in [2.45, 2.75) is 13.2 Å². The van der Waals surface area contributed by atoms with Crippen LogP contribution in [0.1, 0.15) is 11.1 Å². The molecule has 22 heavy (non-hydrogen) atoms. The van der Waals surface area contributed by atoms with E-state index in [1.54, 1.807) is 0 Å². The lowest BCUT2D eigenvalue weighted by molar-refractivity contribution is 0.150. The number of carbonyl (C=O) groups is 2. The normalized spacial score (nSPS) is 9.09. The summed E-state index contributed by atoms with van der Waals surface area (Å²) in [6.07, 6.45) is -1.73. The van der Waals surface area contributed by atoms with E-state index in [-0.39, 0.29) is 6.61 Å². The number of primary amides is 1. The minimum atomic E-state index is -0.992. The first-order valence-electron chi connectivity index (χ1n) is 6.55. The average Bonchev–Trinajstić information content (AvgIpc) is 2.53. The van der Waals surface area contributed by atoms with Gasteiger partial charge in [0.2, 0.25) is 0 Å². The molecule has 0 bridgehead atoms. The zero-order chi connectivity index (χ0) is 16.2. The molecule has 2 aromatic rings. The lowest BCUT2D eigenvalue weighted by atomic mass is 10.2. The highest BCUT2D eigenvalue weighted by molar-refractivity contribution is 5.64. The monoisotopic (exact) mass is 302 g/mol. The summed E-state index contributed by atoms with van der Waals surface area (Å²) in [5.41, 5.74) is 6.68. The fourth-order valence-electron chi connectivity index (χ4n) is 1.50. The van der Waals surface area contributed by atoms with Gasteiger partial charge in [0, 0.05) is 6.54 Å². The van der Waals surface area contributed by atoms with E-state index >= 15 is 0 Å². The maximum absolute atomic E-state index is 10.2. The Morgan fingerprint density at radius 1 is 0.955 bits per heavy atom. The molecule has 2 amide bonds. The lowest BCUT2D eigenvalue weighted by Crippen LogP contribution is -2.19. The van der Waals surface area contributed by atoms with Crippen molar-refractivity contribution in [3.8, 4) is 0 Å². The smallest absolute Gasteiger partial charge is 0.404 e. The van der Waals surface area contributed by atoms with Crippen molar-refractivity contribution in [1.29, 1.82) is 0 Å². The molecule has 0 atom stereocenters. The SMILES string of the molecule is NC(=O)OCc1ccccc1.O=C(O)NCc1ccccc1. The standard InChI is InChI=1S/2C8H9NO2/c9-8(10)11-6-7-4-2-1-3-5-7;10-8(11)9-6-7-4-2-1-3-5-7/h1-5H,6H2,(H2,9,10);1-5,9H,6H2,(H,10,11). The van der Waals surface area contributed by atoms with Crippen LogP contribution in [0.4, 0.5) is 9.59 Å². The van der Waals surface area contributed by atoms with Crippen LogP contribution in [-0.2, 0) is 17.9 Å². The van der Waals surface area contributed by atoms with Crippen LogP contribution >= 0.6 is 0 Å². The van der Waals surface area contributed by atoms with Gasteiger partial charge in [0.1, 0.15) is 6.61 Å². The van der Waals surface area contributed by atoms with Crippen molar-refractivity contribution < 1.29 is 19.4 Å². The van der Waals surface area contributed by atoms with Gasteiger partial charge in [-0.3, -0.25) is 0 Å². The summed E-state index contributed by atoms with van der Waals surface area (Å²) < 4.78 is 4.57. The van der Waals surface area contributed by atoms with Gasteiger partial charge < -0.3 is 20.9 Å². The maximum Gasteiger partial charge on any atom is 0.404 e. The number of nitrogens with two attached hydrogens (primary N) is 1. The quantitative estimate of drug-likeness (QED) is 0.808. The van der Waals surface area contributed by atoms with E-state index < -0.39 is 12.2 Å². The third-order valence-electron chi connectivity index (χ3n) is 2.51. The number of hydrogen-bond acceptors (Lipinski definition) is 3. The average molecular weight is 302 g/mol. The van der Waals surface area contributed by atoms with Crippen molar-refractivity contribution >= 4 is 12.2 Å². The molecule has 2 rings (SSSR count). The molecule has 6 nitrogen and oxygen atoms in total. The molecule has 0 aliphatic carbocycles. The van der Waals surface area contributed by atoms with E-state index in [2.05, 4.69) is 10.1 Å². The van der Waals surface area contributed by atoms with Crippen LogP contribution < -0.4 is 11.1 Å². The van der Waals surface area contributed by atoms with Gasteiger partial charge in [-0.2, -0.15) is 0 Å². The third kappa shape index (κ3) is 8.21. The number of ether oxygens (including phenoxy) is 1. The molecule has 0 saturated carbocycles. The Kier molecular flexibility index (Phi) is 7.60. The highest BCUT2D eigenvalue weighted by atomic mass is 16.5. The predicted molar refractivity (Wildman–Crippen MR) is 82.1 cm³/mol. The summed E-state index contributed by atoms with van der Waals surface area (Å²) in [6.45, 7) is 0.617. The Morgan fingerprint density at radius 3 is 1.91 bits per heavy atom. The molecular weight excluding hydrogens is 284 g/mol. The van der Waals surface area contributed by atoms with E-state index in [1.165, 1.54) is 0 Å². The fourth-order valence-corrected chi connectivity index (χ4v) is 1.50. The first-order valence-corrected chi connectivity index (χ1v) is 6.55. The van der Waals surface area contributed by atoms with Crippen molar-refractivity contribution in [3.05, 3.63) is 71.8 Å². The van der Waals surface area contributed by atoms with Gasteiger partial charge in [-0.05, 0) is 11.1 Å². The Labute approximate surface area is 128 Å². The first-order chi connectivity index (χ1) is 10.6. The lowest BCUT2D eigenvalue weighted by Gasteiger charge is -1.99. The van der Waals surface area contributed by atoms with E-state index in [1.807, 2.05) is 60.7 Å². The number of hydrogen-bond donors (Lipinski definition) is 3. The summed E-state index contributed by atoms with van der Waals surface area (Å²) >= 11 is 0. The summed E-state index contributed by atoms with van der Waals surface area (Å²) in [7, 11) is 0. The first kappa shape index (κ1) is 17.0. The van der Waals surface area contributed by atoms with Crippen LogP contribution in [0.15, 0.2) is 60.7 Å². The summed E-state index contributed by atoms with van der Waals surface area (Å²) in [4.78, 5) is 20.2. The minimum absolute atomic E-state index is 0.246. The summed E-state index contributed by atoms with van der Waals surface area (Å²) in [5.74, 6) is 0. The molecule has 2 aromatic carbocycles. The van der Waals surface area contributed by atoms with E-state index in [4.69, 9.17) is 10.8 Å². The second-order valence-electron chi connectivity index (χ2n) is 4.24. The molecular formula is C16H18N2O4. The van der Waals surface area contributed by atoms with Crippen molar-refractivity contribution in [1.82, 2.24) is 5.32 Å². The number of carboxylic acid groups (broad SMARTS) is 1. The highest BCUT2D eigenvalue weighted by Gasteiger charge is 1.94. The second kappa shape index (κ2) is 9.82. The number of nitrogens with one attached hydrogen (secondary N) is 1. The van der Waals surface area contributed by atoms with Gasteiger partial charge in [0.05, 0.1) is 0 Å². The second-order valence-corrected chi connectivity index (χ2v) is 4.24. The number of rotatable bonds is 4. The maximum atomic E-state index is 10.2. The molecule has 0 fully saturated rings. The molecule has 0 spiro atoms. The predicted octanol–water partition coefficient (Wildman–Crippen LogP) is 2.74. The molecule has 4 N–H and O–H groups in total. The number of benzene rings is 2. The largest absolute Gasteiger partial charge is 0.465 e. The number of amides is 2. The third-order valence-corrected chi connectivity index (χ3v) is 2.51. The molecule has 0 saturated heterocycles. The topological polar surface area (TPSA) is 102 Å². The molecule has 0 aromatic heterocycles. The summed E-state index contributed by atoms with van der Waals surface area (Å²) in [5, 5.41) is 10.5. The van der Waals surface area contributed by atoms with E-state index in [9.17, 15) is 9.59 Å². The highest BCUT2D eigenvalue weighted by Crippen LogP contribution is 1.99. The van der Waals surface area contributed by atoms with Gasteiger partial charge in [-0.1, -0.05) is 60.7 Å². The van der Waals surface area contributed by atoms with Crippen LogP contribution in [0, 0.1) is 0 Å². The zero-order valence-electron chi connectivity index (χ0n) is 11.9. The van der Waals surface area contributed by atoms with Gasteiger partial charge in [0.15, 0.2) is 0 Å². The Bertz CT molecular complexity index is 520. The van der Waals surface area contributed by atoms with Gasteiger partial charge >= 0.3 is 12.2 Å².